The Morgan fingerprint density at radius 1 is 1.42 bits per heavy atom. The smallest absolute Gasteiger partial charge is 0.251 e. The molecule has 0 fully saturated rings. The minimum absolute atomic E-state index is 0.0491. The predicted octanol–water partition coefficient (Wildman–Crippen LogP) is 2.71. The lowest BCUT2D eigenvalue weighted by Crippen LogP contribution is -2.37. The van der Waals surface area contributed by atoms with E-state index in [9.17, 15) is 4.79 Å². The molecule has 0 saturated carbocycles. The maximum atomic E-state index is 12.2. The van der Waals surface area contributed by atoms with Gasteiger partial charge in [-0.15, -0.1) is 0 Å². The second-order valence-corrected chi connectivity index (χ2v) is 4.69. The number of H-pyrrole nitrogens is 1. The number of aromatic nitrogens is 1. The van der Waals surface area contributed by atoms with Crippen molar-refractivity contribution in [1.29, 1.82) is 0 Å². The van der Waals surface area contributed by atoms with Gasteiger partial charge in [-0.05, 0) is 30.0 Å². The third kappa shape index (κ3) is 3.35. The molecular weight excluding hydrogens is 240 g/mol. The van der Waals surface area contributed by atoms with Crippen molar-refractivity contribution < 1.29 is 9.53 Å². The summed E-state index contributed by atoms with van der Waals surface area (Å²) < 4.78 is 5.13. The number of carbonyl (C=O) groups is 1. The average Bonchev–Trinajstić information content (AvgIpc) is 2.86. The van der Waals surface area contributed by atoms with Gasteiger partial charge in [-0.25, -0.2) is 0 Å². The molecule has 1 atom stereocenters. The number of methoxy groups -OCH3 is 1. The van der Waals surface area contributed by atoms with Crippen LogP contribution < -0.4 is 5.32 Å². The average molecular weight is 260 g/mol. The Bertz CT molecular complexity index is 542. The largest absolute Gasteiger partial charge is 0.383 e. The zero-order valence-corrected chi connectivity index (χ0v) is 11.4. The van der Waals surface area contributed by atoms with Gasteiger partial charge in [-0.3, -0.25) is 4.79 Å². The van der Waals surface area contributed by atoms with Crippen molar-refractivity contribution in [2.45, 2.75) is 25.8 Å². The van der Waals surface area contributed by atoms with E-state index in [4.69, 9.17) is 4.74 Å². The van der Waals surface area contributed by atoms with Crippen molar-refractivity contribution in [3.05, 3.63) is 36.0 Å². The summed E-state index contributed by atoms with van der Waals surface area (Å²) in [4.78, 5) is 15.3. The van der Waals surface area contributed by atoms with Gasteiger partial charge in [0, 0.05) is 24.4 Å². The van der Waals surface area contributed by atoms with Crippen LogP contribution in [0.3, 0.4) is 0 Å². The summed E-state index contributed by atoms with van der Waals surface area (Å²) in [6, 6.07) is 7.73. The molecule has 1 heterocycles. The molecule has 1 amide bonds. The summed E-state index contributed by atoms with van der Waals surface area (Å²) in [6.07, 6.45) is 3.81. The van der Waals surface area contributed by atoms with Gasteiger partial charge < -0.3 is 15.0 Å². The van der Waals surface area contributed by atoms with Crippen molar-refractivity contribution in [2.24, 2.45) is 0 Å². The van der Waals surface area contributed by atoms with E-state index in [1.807, 2.05) is 30.5 Å². The van der Waals surface area contributed by atoms with Crippen LogP contribution >= 0.6 is 0 Å². The lowest BCUT2D eigenvalue weighted by Gasteiger charge is -2.17. The van der Waals surface area contributed by atoms with E-state index < -0.39 is 0 Å². The van der Waals surface area contributed by atoms with Crippen LogP contribution in [0, 0.1) is 0 Å². The second kappa shape index (κ2) is 6.38. The standard InChI is InChI=1S/C15H20N2O2/c1-3-4-13(10-19-2)17-15(18)12-6-5-11-7-8-16-14(11)9-12/h5-9,13,16H,3-4,10H2,1-2H3,(H,17,18). The van der Waals surface area contributed by atoms with Crippen LogP contribution in [0.5, 0.6) is 0 Å². The van der Waals surface area contributed by atoms with Crippen LogP contribution in [0.2, 0.25) is 0 Å². The minimum Gasteiger partial charge on any atom is -0.383 e. The Morgan fingerprint density at radius 2 is 2.26 bits per heavy atom. The predicted molar refractivity (Wildman–Crippen MR) is 76.3 cm³/mol. The van der Waals surface area contributed by atoms with E-state index in [-0.39, 0.29) is 11.9 Å². The van der Waals surface area contributed by atoms with Gasteiger partial charge in [0.15, 0.2) is 0 Å². The Kier molecular flexibility index (Phi) is 4.58. The number of ether oxygens (including phenoxy) is 1. The molecule has 2 rings (SSSR count). The number of hydrogen-bond donors (Lipinski definition) is 2. The highest BCUT2D eigenvalue weighted by Crippen LogP contribution is 2.14. The first-order chi connectivity index (χ1) is 9.24. The fraction of sp³-hybridized carbons (Fsp3) is 0.400. The number of fused-ring (bicyclic) bond motifs is 1. The summed E-state index contributed by atoms with van der Waals surface area (Å²) in [5, 5.41) is 4.12. The van der Waals surface area contributed by atoms with Crippen molar-refractivity contribution in [1.82, 2.24) is 10.3 Å². The van der Waals surface area contributed by atoms with Crippen molar-refractivity contribution in [3.8, 4) is 0 Å². The molecule has 4 heteroatoms. The summed E-state index contributed by atoms with van der Waals surface area (Å²) >= 11 is 0. The molecule has 0 bridgehead atoms. The van der Waals surface area contributed by atoms with Gasteiger partial charge in [-0.2, -0.15) is 0 Å². The molecule has 0 aliphatic rings. The lowest BCUT2D eigenvalue weighted by atomic mass is 10.1. The fourth-order valence-corrected chi connectivity index (χ4v) is 2.20. The SMILES string of the molecule is CCCC(COC)NC(=O)c1ccc2cc[nH]c2c1. The third-order valence-electron chi connectivity index (χ3n) is 3.16. The molecule has 0 spiro atoms. The molecule has 2 N–H and O–H groups in total. The highest BCUT2D eigenvalue weighted by Gasteiger charge is 2.13. The van der Waals surface area contributed by atoms with Crippen LogP contribution in [0.4, 0.5) is 0 Å². The quantitative estimate of drug-likeness (QED) is 0.839. The minimum atomic E-state index is -0.0491. The van der Waals surface area contributed by atoms with Gasteiger partial charge in [-0.1, -0.05) is 19.4 Å². The molecule has 19 heavy (non-hydrogen) atoms. The molecule has 1 aromatic carbocycles. The van der Waals surface area contributed by atoms with Gasteiger partial charge in [0.25, 0.3) is 5.91 Å². The van der Waals surface area contributed by atoms with E-state index >= 15 is 0 Å². The van der Waals surface area contributed by atoms with E-state index in [0.717, 1.165) is 23.7 Å². The van der Waals surface area contributed by atoms with Gasteiger partial charge in [0.2, 0.25) is 0 Å². The summed E-state index contributed by atoms with van der Waals surface area (Å²) in [7, 11) is 1.65. The van der Waals surface area contributed by atoms with Crippen LogP contribution in [-0.4, -0.2) is 30.6 Å². The maximum absolute atomic E-state index is 12.2. The van der Waals surface area contributed by atoms with Gasteiger partial charge in [0.05, 0.1) is 12.6 Å². The molecule has 0 saturated heterocycles. The molecule has 1 unspecified atom stereocenters. The lowest BCUT2D eigenvalue weighted by molar-refractivity contribution is 0.0891. The molecule has 0 aliphatic carbocycles. The number of aromatic amines is 1. The first-order valence-electron chi connectivity index (χ1n) is 6.61. The van der Waals surface area contributed by atoms with Gasteiger partial charge >= 0.3 is 0 Å². The number of hydrogen-bond acceptors (Lipinski definition) is 2. The molecule has 4 nitrogen and oxygen atoms in total. The van der Waals surface area contributed by atoms with E-state index in [2.05, 4.69) is 17.2 Å². The summed E-state index contributed by atoms with van der Waals surface area (Å²) in [5.74, 6) is -0.0491. The summed E-state index contributed by atoms with van der Waals surface area (Å²) in [5.41, 5.74) is 1.65. The van der Waals surface area contributed by atoms with Gasteiger partial charge in [0.1, 0.15) is 0 Å². The van der Waals surface area contributed by atoms with Crippen LogP contribution in [-0.2, 0) is 4.74 Å². The zero-order chi connectivity index (χ0) is 13.7. The van der Waals surface area contributed by atoms with E-state index in [0.29, 0.717) is 12.2 Å². The zero-order valence-electron chi connectivity index (χ0n) is 11.4. The normalized spacial score (nSPS) is 12.5. The highest BCUT2D eigenvalue weighted by molar-refractivity contribution is 5.98. The first kappa shape index (κ1) is 13.6. The van der Waals surface area contributed by atoms with Crippen molar-refractivity contribution >= 4 is 16.8 Å². The van der Waals surface area contributed by atoms with Crippen LogP contribution in [0.1, 0.15) is 30.1 Å². The Labute approximate surface area is 113 Å². The molecule has 102 valence electrons. The van der Waals surface area contributed by atoms with Crippen LogP contribution in [0.15, 0.2) is 30.5 Å². The number of nitrogens with one attached hydrogen (secondary N) is 2. The van der Waals surface area contributed by atoms with E-state index in [1.165, 1.54) is 0 Å². The number of benzene rings is 1. The van der Waals surface area contributed by atoms with Crippen molar-refractivity contribution in [3.63, 3.8) is 0 Å². The maximum Gasteiger partial charge on any atom is 0.251 e. The monoisotopic (exact) mass is 260 g/mol. The molecule has 0 aliphatic heterocycles. The first-order valence-corrected chi connectivity index (χ1v) is 6.61. The highest BCUT2D eigenvalue weighted by atomic mass is 16.5. The van der Waals surface area contributed by atoms with Crippen LogP contribution in [0.25, 0.3) is 10.9 Å². The fourth-order valence-electron chi connectivity index (χ4n) is 2.20. The Balaban J connectivity index is 2.09. The van der Waals surface area contributed by atoms with E-state index in [1.54, 1.807) is 7.11 Å². The molecule has 1 aromatic heterocycles. The second-order valence-electron chi connectivity index (χ2n) is 4.69. The topological polar surface area (TPSA) is 54.1 Å². The third-order valence-corrected chi connectivity index (χ3v) is 3.16. The number of rotatable bonds is 6. The number of amides is 1. The molecular formula is C15H20N2O2. The van der Waals surface area contributed by atoms with Crippen molar-refractivity contribution in [2.75, 3.05) is 13.7 Å². The summed E-state index contributed by atoms with van der Waals surface area (Å²) in [6.45, 7) is 2.64. The number of carbonyl (C=O) groups excluding carboxylic acids is 1. The Morgan fingerprint density at radius 3 is 3.00 bits per heavy atom. The molecule has 2 aromatic rings. The molecule has 0 radical (unpaired) electrons. The Hall–Kier alpha value is -1.81.